The van der Waals surface area contributed by atoms with Crippen LogP contribution in [0, 0.1) is 12.8 Å². The zero-order valence-electron chi connectivity index (χ0n) is 12.6. The predicted molar refractivity (Wildman–Crippen MR) is 80.6 cm³/mol. The highest BCUT2D eigenvalue weighted by Crippen LogP contribution is 2.61. The fourth-order valence-electron chi connectivity index (χ4n) is 5.38. The molecule has 0 amide bonds. The second-order valence-electron chi connectivity index (χ2n) is 6.95. The first kappa shape index (κ1) is 12.1. The van der Waals surface area contributed by atoms with Gasteiger partial charge in [-0.05, 0) is 55.9 Å². The van der Waals surface area contributed by atoms with Gasteiger partial charge in [0, 0.05) is 17.0 Å². The monoisotopic (exact) mass is 283 g/mol. The van der Waals surface area contributed by atoms with Gasteiger partial charge in [0.05, 0.1) is 7.11 Å². The molecule has 21 heavy (non-hydrogen) atoms. The van der Waals surface area contributed by atoms with Crippen LogP contribution in [0.5, 0.6) is 5.75 Å². The van der Waals surface area contributed by atoms with Gasteiger partial charge in [0.25, 0.3) is 0 Å². The molecule has 4 aliphatic rings. The molecule has 4 atom stereocenters. The summed E-state index contributed by atoms with van der Waals surface area (Å²) in [6, 6.07) is 5.12. The van der Waals surface area contributed by atoms with E-state index in [-0.39, 0.29) is 11.5 Å². The van der Waals surface area contributed by atoms with Crippen molar-refractivity contribution in [3.8, 4) is 5.75 Å². The van der Waals surface area contributed by atoms with Gasteiger partial charge in [-0.2, -0.15) is 0 Å². The molecule has 2 heterocycles. The second-order valence-corrected chi connectivity index (χ2v) is 6.95. The maximum absolute atomic E-state index is 6.49. The number of methoxy groups -OCH3 is 1. The lowest BCUT2D eigenvalue weighted by atomic mass is 9.53. The molecule has 0 radical (unpaired) electrons. The van der Waals surface area contributed by atoms with Gasteiger partial charge in [-0.3, -0.25) is 0 Å². The molecule has 5 rings (SSSR count). The molecule has 1 aromatic rings. The van der Waals surface area contributed by atoms with E-state index in [1.54, 1.807) is 7.11 Å². The summed E-state index contributed by atoms with van der Waals surface area (Å²) in [6.45, 7) is 3.26. The summed E-state index contributed by atoms with van der Waals surface area (Å²) in [5.41, 5.74) is 4.41. The molecule has 1 fully saturated rings. The van der Waals surface area contributed by atoms with Crippen LogP contribution in [-0.4, -0.2) is 25.8 Å². The van der Waals surface area contributed by atoms with E-state index in [0.29, 0.717) is 12.0 Å². The number of rotatable bonds is 1. The zero-order valence-corrected chi connectivity index (χ0v) is 12.6. The third kappa shape index (κ3) is 1.25. The van der Waals surface area contributed by atoms with Crippen molar-refractivity contribution < 1.29 is 9.47 Å². The molecular weight excluding hydrogens is 262 g/mol. The minimum absolute atomic E-state index is 0.0843. The smallest absolute Gasteiger partial charge is 0.165 e. The molecule has 0 aromatic heterocycles. The van der Waals surface area contributed by atoms with Crippen molar-refractivity contribution >= 4 is 0 Å². The molecule has 110 valence electrons. The highest BCUT2D eigenvalue weighted by atomic mass is 16.5. The zero-order chi connectivity index (χ0) is 14.2. The summed E-state index contributed by atoms with van der Waals surface area (Å²) in [4.78, 5) is 0. The maximum atomic E-state index is 6.49. The Morgan fingerprint density at radius 1 is 1.38 bits per heavy atom. The van der Waals surface area contributed by atoms with E-state index in [1.165, 1.54) is 16.7 Å². The maximum Gasteiger partial charge on any atom is 0.165 e. The highest BCUT2D eigenvalue weighted by molar-refractivity contribution is 5.59. The molecule has 2 aliphatic heterocycles. The molecule has 1 saturated heterocycles. The number of allylic oxidation sites excluding steroid dienone is 1. The van der Waals surface area contributed by atoms with E-state index in [2.05, 4.69) is 30.4 Å². The van der Waals surface area contributed by atoms with Gasteiger partial charge in [0.2, 0.25) is 0 Å². The van der Waals surface area contributed by atoms with Crippen LogP contribution in [0.3, 0.4) is 0 Å². The van der Waals surface area contributed by atoms with Gasteiger partial charge in [0.1, 0.15) is 11.5 Å². The predicted octanol–water partition coefficient (Wildman–Crippen LogP) is 2.46. The Labute approximate surface area is 125 Å². The van der Waals surface area contributed by atoms with Crippen molar-refractivity contribution in [3.63, 3.8) is 0 Å². The summed E-state index contributed by atoms with van der Waals surface area (Å²) in [7, 11) is 1.78. The lowest BCUT2D eigenvalue weighted by Crippen LogP contribution is -2.63. The Bertz CT molecular complexity index is 665. The number of ether oxygens (including phenoxy) is 2. The molecule has 1 N–H and O–H groups in total. The molecule has 2 aliphatic carbocycles. The third-order valence-electron chi connectivity index (χ3n) is 6.21. The molecule has 0 saturated carbocycles. The fourth-order valence-corrected chi connectivity index (χ4v) is 5.38. The number of piperidine rings is 1. The SMILES string of the molecule is COC1=CC[C@@H]2C3Cc4ccc(C)c5c4[C@]2(CCN3)[C@@H]1O5. The van der Waals surface area contributed by atoms with Crippen LogP contribution in [0.2, 0.25) is 0 Å². The van der Waals surface area contributed by atoms with E-state index in [9.17, 15) is 0 Å². The molecule has 2 bridgehead atoms. The highest BCUT2D eigenvalue weighted by Gasteiger charge is 2.63. The summed E-state index contributed by atoms with van der Waals surface area (Å²) < 4.78 is 12.2. The van der Waals surface area contributed by atoms with Gasteiger partial charge in [-0.1, -0.05) is 12.1 Å². The van der Waals surface area contributed by atoms with Crippen LogP contribution in [0.15, 0.2) is 24.0 Å². The van der Waals surface area contributed by atoms with Gasteiger partial charge < -0.3 is 14.8 Å². The minimum atomic E-state index is 0.0843. The average molecular weight is 283 g/mol. The Kier molecular flexibility index (Phi) is 2.21. The molecule has 3 heteroatoms. The van der Waals surface area contributed by atoms with E-state index in [1.807, 2.05) is 0 Å². The molecule has 1 unspecified atom stereocenters. The van der Waals surface area contributed by atoms with Gasteiger partial charge in [-0.15, -0.1) is 0 Å². The lowest BCUT2D eigenvalue weighted by molar-refractivity contribution is 0.0185. The van der Waals surface area contributed by atoms with Gasteiger partial charge in [-0.25, -0.2) is 0 Å². The number of nitrogens with one attached hydrogen (secondary N) is 1. The van der Waals surface area contributed by atoms with Crippen molar-refractivity contribution in [2.75, 3.05) is 13.7 Å². The van der Waals surface area contributed by atoms with Gasteiger partial charge in [0.15, 0.2) is 6.10 Å². The number of aryl methyl sites for hydroxylation is 1. The molecular formula is C18H21NO2. The van der Waals surface area contributed by atoms with Crippen molar-refractivity contribution in [3.05, 3.63) is 40.7 Å². The summed E-state index contributed by atoms with van der Waals surface area (Å²) >= 11 is 0. The van der Waals surface area contributed by atoms with Crippen molar-refractivity contribution in [1.29, 1.82) is 0 Å². The van der Waals surface area contributed by atoms with Crippen LogP contribution < -0.4 is 10.1 Å². The molecule has 1 spiro atoms. The van der Waals surface area contributed by atoms with E-state index in [0.717, 1.165) is 37.3 Å². The molecule has 3 nitrogen and oxygen atoms in total. The second kappa shape index (κ2) is 3.83. The third-order valence-corrected chi connectivity index (χ3v) is 6.21. The van der Waals surface area contributed by atoms with Crippen LogP contribution in [0.25, 0.3) is 0 Å². The number of hydrogen-bond donors (Lipinski definition) is 1. The Balaban J connectivity index is 1.83. The lowest BCUT2D eigenvalue weighted by Gasteiger charge is -2.54. The standard InChI is InChI=1S/C18H21NO2/c1-10-3-4-11-9-13-12-5-6-14(20-2)17-18(12,7-8-19-13)15(11)16(10)21-17/h3-4,6,12-13,17,19H,5,7-9H2,1-2H3/t12-,13?,17-,18-/m1/s1. The summed E-state index contributed by atoms with van der Waals surface area (Å²) in [5.74, 6) is 2.83. The Morgan fingerprint density at radius 3 is 3.14 bits per heavy atom. The Hall–Kier alpha value is -1.48. The minimum Gasteiger partial charge on any atom is -0.497 e. The summed E-state index contributed by atoms with van der Waals surface area (Å²) in [5, 5.41) is 3.75. The first-order valence-corrected chi connectivity index (χ1v) is 8.02. The van der Waals surface area contributed by atoms with E-state index >= 15 is 0 Å². The first-order valence-electron chi connectivity index (χ1n) is 8.02. The van der Waals surface area contributed by atoms with Crippen LogP contribution >= 0.6 is 0 Å². The summed E-state index contributed by atoms with van der Waals surface area (Å²) in [6.07, 6.45) is 5.75. The quantitative estimate of drug-likeness (QED) is 0.859. The number of hydrogen-bond acceptors (Lipinski definition) is 3. The van der Waals surface area contributed by atoms with Gasteiger partial charge >= 0.3 is 0 Å². The fraction of sp³-hybridized carbons (Fsp3) is 0.556. The number of benzene rings is 1. The van der Waals surface area contributed by atoms with E-state index < -0.39 is 0 Å². The van der Waals surface area contributed by atoms with E-state index in [4.69, 9.17) is 9.47 Å². The van der Waals surface area contributed by atoms with Crippen molar-refractivity contribution in [2.24, 2.45) is 5.92 Å². The van der Waals surface area contributed by atoms with Crippen molar-refractivity contribution in [2.45, 2.75) is 43.7 Å². The normalized spacial score (nSPS) is 38.4. The van der Waals surface area contributed by atoms with Crippen LogP contribution in [0.4, 0.5) is 0 Å². The van der Waals surface area contributed by atoms with Crippen LogP contribution in [0.1, 0.15) is 29.5 Å². The average Bonchev–Trinajstić information content (AvgIpc) is 2.83. The first-order chi connectivity index (χ1) is 10.3. The Morgan fingerprint density at radius 2 is 2.29 bits per heavy atom. The topological polar surface area (TPSA) is 30.5 Å². The van der Waals surface area contributed by atoms with Crippen LogP contribution in [-0.2, 0) is 16.6 Å². The molecule has 1 aromatic carbocycles. The van der Waals surface area contributed by atoms with Crippen molar-refractivity contribution in [1.82, 2.24) is 5.32 Å². The largest absolute Gasteiger partial charge is 0.497 e.